The van der Waals surface area contributed by atoms with Gasteiger partial charge in [-0.15, -0.1) is 0 Å². The van der Waals surface area contributed by atoms with E-state index in [9.17, 15) is 14.7 Å². The summed E-state index contributed by atoms with van der Waals surface area (Å²) < 4.78 is 0. The second-order valence-corrected chi connectivity index (χ2v) is 5.76. The van der Waals surface area contributed by atoms with Crippen molar-refractivity contribution in [3.8, 4) is 0 Å². The van der Waals surface area contributed by atoms with E-state index in [2.05, 4.69) is 5.32 Å². The van der Waals surface area contributed by atoms with Crippen LogP contribution in [-0.4, -0.2) is 41.0 Å². The highest BCUT2D eigenvalue weighted by Gasteiger charge is 2.29. The molecule has 0 aromatic heterocycles. The Morgan fingerprint density at radius 3 is 2.86 bits per heavy atom. The molecule has 3 rings (SSSR count). The van der Waals surface area contributed by atoms with Crippen molar-refractivity contribution >= 4 is 11.9 Å². The van der Waals surface area contributed by atoms with Gasteiger partial charge in [0.05, 0.1) is 11.6 Å². The van der Waals surface area contributed by atoms with E-state index in [1.54, 1.807) is 12.1 Å². The zero-order valence-electron chi connectivity index (χ0n) is 12.0. The van der Waals surface area contributed by atoms with Crippen molar-refractivity contribution in [3.05, 3.63) is 34.9 Å². The molecule has 1 atom stereocenters. The van der Waals surface area contributed by atoms with Gasteiger partial charge in [0.1, 0.15) is 0 Å². The number of hydrogen-bond donors (Lipinski definition) is 2. The Morgan fingerprint density at radius 1 is 1.29 bits per heavy atom. The summed E-state index contributed by atoms with van der Waals surface area (Å²) in [6.45, 7) is 2.03. The Morgan fingerprint density at radius 2 is 2.14 bits per heavy atom. The van der Waals surface area contributed by atoms with Gasteiger partial charge in [-0.3, -0.25) is 4.79 Å². The van der Waals surface area contributed by atoms with E-state index in [-0.39, 0.29) is 11.9 Å². The molecule has 2 heterocycles. The van der Waals surface area contributed by atoms with Crippen molar-refractivity contribution in [1.29, 1.82) is 0 Å². The quantitative estimate of drug-likeness (QED) is 0.863. The highest BCUT2D eigenvalue weighted by atomic mass is 16.4. The molecule has 5 heteroatoms. The number of piperidine rings is 1. The highest BCUT2D eigenvalue weighted by Crippen LogP contribution is 2.24. The van der Waals surface area contributed by atoms with Crippen LogP contribution < -0.4 is 5.32 Å². The fraction of sp³-hybridized carbons (Fsp3) is 0.500. The Bertz CT molecular complexity index is 565. The third-order valence-electron chi connectivity index (χ3n) is 4.42. The lowest BCUT2D eigenvalue weighted by atomic mass is 9.93. The van der Waals surface area contributed by atoms with Gasteiger partial charge in [-0.05, 0) is 43.0 Å². The third-order valence-corrected chi connectivity index (χ3v) is 4.42. The molecule has 1 saturated heterocycles. The largest absolute Gasteiger partial charge is 0.478 e. The Hall–Kier alpha value is -1.88. The normalized spacial score (nSPS) is 21.7. The Kier molecular flexibility index (Phi) is 3.92. The molecule has 2 aliphatic rings. The van der Waals surface area contributed by atoms with Crippen LogP contribution in [0.15, 0.2) is 18.2 Å². The first-order valence-electron chi connectivity index (χ1n) is 7.53. The molecule has 0 bridgehead atoms. The maximum Gasteiger partial charge on any atom is 0.335 e. The average Bonchev–Trinajstić information content (AvgIpc) is 2.53. The zero-order chi connectivity index (χ0) is 14.8. The first-order chi connectivity index (χ1) is 10.2. The fourth-order valence-corrected chi connectivity index (χ4v) is 3.28. The Labute approximate surface area is 123 Å². The summed E-state index contributed by atoms with van der Waals surface area (Å²) in [6, 6.07) is 5.26. The predicted octanol–water partition coefficient (Wildman–Crippen LogP) is 1.41. The maximum absolute atomic E-state index is 12.5. The Balaban J connectivity index is 1.77. The van der Waals surface area contributed by atoms with Gasteiger partial charge in [-0.25, -0.2) is 4.79 Å². The SMILES string of the molecule is O=C(O)c1cccc2c1CCN(C(=O)[C@@H]1CCCCN1)C2. The predicted molar refractivity (Wildman–Crippen MR) is 78.2 cm³/mol. The van der Waals surface area contributed by atoms with E-state index in [1.165, 1.54) is 0 Å². The summed E-state index contributed by atoms with van der Waals surface area (Å²) >= 11 is 0. The molecule has 21 heavy (non-hydrogen) atoms. The smallest absolute Gasteiger partial charge is 0.335 e. The molecule has 1 aromatic rings. The number of aromatic carboxylic acids is 1. The lowest BCUT2D eigenvalue weighted by molar-refractivity contribution is -0.135. The van der Waals surface area contributed by atoms with Crippen LogP contribution in [0.25, 0.3) is 0 Å². The molecule has 2 N–H and O–H groups in total. The minimum Gasteiger partial charge on any atom is -0.478 e. The summed E-state index contributed by atoms with van der Waals surface area (Å²) in [6.07, 6.45) is 3.75. The van der Waals surface area contributed by atoms with Crippen molar-refractivity contribution in [2.45, 2.75) is 38.3 Å². The number of amides is 1. The summed E-state index contributed by atoms with van der Waals surface area (Å²) in [5.41, 5.74) is 2.21. The van der Waals surface area contributed by atoms with Crippen LogP contribution in [0.4, 0.5) is 0 Å². The second kappa shape index (κ2) is 5.85. The van der Waals surface area contributed by atoms with Crippen LogP contribution in [0.5, 0.6) is 0 Å². The van der Waals surface area contributed by atoms with Crippen molar-refractivity contribution in [2.24, 2.45) is 0 Å². The number of nitrogens with zero attached hydrogens (tertiary/aromatic N) is 1. The van der Waals surface area contributed by atoms with Crippen molar-refractivity contribution in [3.63, 3.8) is 0 Å². The van der Waals surface area contributed by atoms with Gasteiger partial charge in [0.2, 0.25) is 5.91 Å². The number of carboxylic acid groups (broad SMARTS) is 1. The fourth-order valence-electron chi connectivity index (χ4n) is 3.28. The number of benzene rings is 1. The van der Waals surface area contributed by atoms with Crippen LogP contribution >= 0.6 is 0 Å². The van der Waals surface area contributed by atoms with Crippen LogP contribution in [0.1, 0.15) is 40.7 Å². The molecule has 0 saturated carbocycles. The molecule has 0 spiro atoms. The molecule has 1 fully saturated rings. The van der Waals surface area contributed by atoms with Crippen molar-refractivity contribution in [2.75, 3.05) is 13.1 Å². The van der Waals surface area contributed by atoms with Gasteiger partial charge in [0, 0.05) is 13.1 Å². The van der Waals surface area contributed by atoms with E-state index >= 15 is 0 Å². The van der Waals surface area contributed by atoms with Crippen molar-refractivity contribution < 1.29 is 14.7 Å². The van der Waals surface area contributed by atoms with Crippen LogP contribution in [0.2, 0.25) is 0 Å². The molecule has 0 unspecified atom stereocenters. The average molecular weight is 288 g/mol. The number of rotatable bonds is 2. The summed E-state index contributed by atoms with van der Waals surface area (Å²) in [5, 5.41) is 12.5. The van der Waals surface area contributed by atoms with E-state index in [1.807, 2.05) is 11.0 Å². The standard InChI is InChI=1S/C16H20N2O3/c19-15(14-6-1-2-8-17-14)18-9-7-12-11(10-18)4-3-5-13(12)16(20)21/h3-5,14,17H,1-2,6-10H2,(H,20,21)/t14-/m0/s1. The van der Waals surface area contributed by atoms with E-state index < -0.39 is 5.97 Å². The summed E-state index contributed by atoms with van der Waals surface area (Å²) in [7, 11) is 0. The van der Waals surface area contributed by atoms with E-state index in [4.69, 9.17) is 0 Å². The minimum atomic E-state index is -0.888. The van der Waals surface area contributed by atoms with E-state index in [0.717, 1.165) is 36.9 Å². The molecular formula is C16H20N2O3. The number of fused-ring (bicyclic) bond motifs is 1. The number of hydrogen-bond acceptors (Lipinski definition) is 3. The molecule has 0 radical (unpaired) electrons. The van der Waals surface area contributed by atoms with Crippen LogP contribution in [0.3, 0.4) is 0 Å². The molecule has 5 nitrogen and oxygen atoms in total. The van der Waals surface area contributed by atoms with Gasteiger partial charge >= 0.3 is 5.97 Å². The van der Waals surface area contributed by atoms with Crippen LogP contribution in [-0.2, 0) is 17.8 Å². The number of nitrogens with one attached hydrogen (secondary N) is 1. The molecule has 0 aliphatic carbocycles. The topological polar surface area (TPSA) is 69.6 Å². The lowest BCUT2D eigenvalue weighted by Crippen LogP contribution is -2.49. The van der Waals surface area contributed by atoms with Gasteiger partial charge in [0.25, 0.3) is 0 Å². The van der Waals surface area contributed by atoms with Gasteiger partial charge < -0.3 is 15.3 Å². The lowest BCUT2D eigenvalue weighted by Gasteiger charge is -2.34. The molecule has 2 aliphatic heterocycles. The third kappa shape index (κ3) is 2.78. The highest BCUT2D eigenvalue weighted by molar-refractivity contribution is 5.90. The van der Waals surface area contributed by atoms with Gasteiger partial charge in [0.15, 0.2) is 0 Å². The second-order valence-electron chi connectivity index (χ2n) is 5.76. The van der Waals surface area contributed by atoms with E-state index in [0.29, 0.717) is 25.1 Å². The van der Waals surface area contributed by atoms with Gasteiger partial charge in [-0.1, -0.05) is 18.6 Å². The first-order valence-corrected chi connectivity index (χ1v) is 7.53. The van der Waals surface area contributed by atoms with Gasteiger partial charge in [-0.2, -0.15) is 0 Å². The minimum absolute atomic E-state index is 0.0667. The molecule has 1 aromatic carbocycles. The number of carbonyl (C=O) groups excluding carboxylic acids is 1. The summed E-state index contributed by atoms with van der Waals surface area (Å²) in [4.78, 5) is 25.6. The first kappa shape index (κ1) is 14.1. The molecule has 1 amide bonds. The monoisotopic (exact) mass is 288 g/mol. The summed E-state index contributed by atoms with van der Waals surface area (Å²) in [5.74, 6) is -0.735. The number of carbonyl (C=O) groups is 2. The maximum atomic E-state index is 12.5. The number of carboxylic acids is 1. The van der Waals surface area contributed by atoms with Crippen LogP contribution in [0, 0.1) is 0 Å². The molecule has 112 valence electrons. The zero-order valence-corrected chi connectivity index (χ0v) is 12.0. The molecular weight excluding hydrogens is 268 g/mol. The van der Waals surface area contributed by atoms with Crippen molar-refractivity contribution in [1.82, 2.24) is 10.2 Å².